The smallest absolute Gasteiger partial charge is 0.305 e. The maximum atomic E-state index is 10.9. The lowest BCUT2D eigenvalue weighted by atomic mass is 9.99. The predicted octanol–water partition coefficient (Wildman–Crippen LogP) is 1.79. The number of carboxylic acids is 1. The van der Waals surface area contributed by atoms with Gasteiger partial charge in [0.05, 0.1) is 12.0 Å². The second kappa shape index (κ2) is 5.50. The van der Waals surface area contributed by atoms with Gasteiger partial charge in [-0.05, 0) is 31.4 Å². The van der Waals surface area contributed by atoms with E-state index >= 15 is 0 Å². The standard InChI is InChI=1S/C13H15N3O2/c14-8-10-4-5-12(15-9-10)16-6-2-1-3-11(16)7-13(17)18/h4-5,9,11H,1-3,6-7H2,(H,17,18). The Kier molecular flexibility index (Phi) is 3.78. The summed E-state index contributed by atoms with van der Waals surface area (Å²) in [6, 6.07) is 5.54. The lowest BCUT2D eigenvalue weighted by molar-refractivity contribution is -0.137. The number of pyridine rings is 1. The van der Waals surface area contributed by atoms with Crippen LogP contribution in [0.25, 0.3) is 0 Å². The number of nitrogens with zero attached hydrogens (tertiary/aromatic N) is 3. The summed E-state index contributed by atoms with van der Waals surface area (Å²) in [5.74, 6) is -0.0134. The summed E-state index contributed by atoms with van der Waals surface area (Å²) < 4.78 is 0. The van der Waals surface area contributed by atoms with Crippen molar-refractivity contribution in [1.29, 1.82) is 5.26 Å². The number of carboxylic acid groups (broad SMARTS) is 1. The molecule has 1 atom stereocenters. The molecule has 1 aromatic heterocycles. The molecular weight excluding hydrogens is 230 g/mol. The van der Waals surface area contributed by atoms with Gasteiger partial charge in [-0.2, -0.15) is 5.26 Å². The molecule has 94 valence electrons. The van der Waals surface area contributed by atoms with Crippen LogP contribution < -0.4 is 4.90 Å². The molecule has 18 heavy (non-hydrogen) atoms. The minimum Gasteiger partial charge on any atom is -0.481 e. The summed E-state index contributed by atoms with van der Waals surface area (Å²) >= 11 is 0. The van der Waals surface area contributed by atoms with E-state index in [0.29, 0.717) is 5.56 Å². The molecule has 0 bridgehead atoms. The molecule has 2 heterocycles. The molecule has 0 spiro atoms. The number of aromatic nitrogens is 1. The summed E-state index contributed by atoms with van der Waals surface area (Å²) in [5.41, 5.74) is 0.519. The largest absolute Gasteiger partial charge is 0.481 e. The molecule has 5 heteroatoms. The minimum atomic E-state index is -0.777. The highest BCUT2D eigenvalue weighted by molar-refractivity contribution is 5.68. The molecule has 1 aromatic rings. The van der Waals surface area contributed by atoms with E-state index < -0.39 is 5.97 Å². The van der Waals surface area contributed by atoms with Crippen LogP contribution in [0.1, 0.15) is 31.2 Å². The van der Waals surface area contributed by atoms with Gasteiger partial charge in [-0.25, -0.2) is 4.98 Å². The van der Waals surface area contributed by atoms with Crippen LogP contribution in [0.5, 0.6) is 0 Å². The molecule has 2 rings (SSSR count). The molecule has 0 aliphatic carbocycles. The summed E-state index contributed by atoms with van der Waals surface area (Å²) in [6.07, 6.45) is 4.67. The third kappa shape index (κ3) is 2.77. The molecule has 0 aromatic carbocycles. The molecule has 0 saturated carbocycles. The Morgan fingerprint density at radius 3 is 3.00 bits per heavy atom. The molecule has 1 saturated heterocycles. The molecule has 1 unspecified atom stereocenters. The number of aliphatic carboxylic acids is 1. The van der Waals surface area contributed by atoms with Crippen LogP contribution in [0.15, 0.2) is 18.3 Å². The molecule has 1 fully saturated rings. The fourth-order valence-corrected chi connectivity index (χ4v) is 2.34. The first-order valence-electron chi connectivity index (χ1n) is 6.05. The van der Waals surface area contributed by atoms with Crippen molar-refractivity contribution < 1.29 is 9.90 Å². The van der Waals surface area contributed by atoms with Crippen LogP contribution in [-0.2, 0) is 4.79 Å². The van der Waals surface area contributed by atoms with E-state index in [0.717, 1.165) is 31.6 Å². The van der Waals surface area contributed by atoms with Crippen LogP contribution >= 0.6 is 0 Å². The van der Waals surface area contributed by atoms with E-state index in [9.17, 15) is 4.79 Å². The predicted molar refractivity (Wildman–Crippen MR) is 66.2 cm³/mol. The first kappa shape index (κ1) is 12.4. The summed E-state index contributed by atoms with van der Waals surface area (Å²) in [4.78, 5) is 17.1. The monoisotopic (exact) mass is 245 g/mol. The van der Waals surface area contributed by atoms with Crippen molar-refractivity contribution in [3.8, 4) is 6.07 Å². The van der Waals surface area contributed by atoms with E-state index in [1.54, 1.807) is 12.1 Å². The highest BCUT2D eigenvalue weighted by Crippen LogP contribution is 2.25. The van der Waals surface area contributed by atoms with E-state index in [2.05, 4.69) is 4.98 Å². The van der Waals surface area contributed by atoms with Gasteiger partial charge in [-0.3, -0.25) is 4.79 Å². The van der Waals surface area contributed by atoms with Crippen molar-refractivity contribution in [3.63, 3.8) is 0 Å². The average molecular weight is 245 g/mol. The Balaban J connectivity index is 2.17. The van der Waals surface area contributed by atoms with Gasteiger partial charge < -0.3 is 10.0 Å². The van der Waals surface area contributed by atoms with Gasteiger partial charge in [0.15, 0.2) is 0 Å². The van der Waals surface area contributed by atoms with Crippen molar-refractivity contribution >= 4 is 11.8 Å². The third-order valence-electron chi connectivity index (χ3n) is 3.21. The fraction of sp³-hybridized carbons (Fsp3) is 0.462. The zero-order valence-corrected chi connectivity index (χ0v) is 10.0. The first-order chi connectivity index (χ1) is 8.70. The Labute approximate surface area is 106 Å². The van der Waals surface area contributed by atoms with Crippen molar-refractivity contribution in [2.45, 2.75) is 31.7 Å². The number of hydrogen-bond donors (Lipinski definition) is 1. The second-order valence-electron chi connectivity index (χ2n) is 4.46. The van der Waals surface area contributed by atoms with Crippen molar-refractivity contribution in [1.82, 2.24) is 4.98 Å². The van der Waals surface area contributed by atoms with Crippen LogP contribution in [0, 0.1) is 11.3 Å². The summed E-state index contributed by atoms with van der Waals surface area (Å²) in [5, 5.41) is 17.7. The summed E-state index contributed by atoms with van der Waals surface area (Å²) in [7, 11) is 0. The van der Waals surface area contributed by atoms with Crippen LogP contribution in [-0.4, -0.2) is 28.6 Å². The Morgan fingerprint density at radius 1 is 1.56 bits per heavy atom. The van der Waals surface area contributed by atoms with Crippen molar-refractivity contribution in [2.24, 2.45) is 0 Å². The number of nitriles is 1. The highest BCUT2D eigenvalue weighted by Gasteiger charge is 2.25. The Bertz CT molecular complexity index is 464. The zero-order chi connectivity index (χ0) is 13.0. The van der Waals surface area contributed by atoms with Crippen LogP contribution in [0.2, 0.25) is 0 Å². The summed E-state index contributed by atoms with van der Waals surface area (Å²) in [6.45, 7) is 0.830. The van der Waals surface area contributed by atoms with E-state index in [-0.39, 0.29) is 12.5 Å². The lowest BCUT2D eigenvalue weighted by Crippen LogP contribution is -2.41. The lowest BCUT2D eigenvalue weighted by Gasteiger charge is -2.35. The fourth-order valence-electron chi connectivity index (χ4n) is 2.34. The number of hydrogen-bond acceptors (Lipinski definition) is 4. The second-order valence-corrected chi connectivity index (χ2v) is 4.46. The van der Waals surface area contributed by atoms with E-state index in [4.69, 9.17) is 10.4 Å². The topological polar surface area (TPSA) is 77.2 Å². The van der Waals surface area contributed by atoms with Gasteiger partial charge >= 0.3 is 5.97 Å². The molecule has 1 N–H and O–H groups in total. The SMILES string of the molecule is N#Cc1ccc(N2CCCCC2CC(=O)O)nc1. The van der Waals surface area contributed by atoms with Gasteiger partial charge in [-0.15, -0.1) is 0 Å². The van der Waals surface area contributed by atoms with E-state index in [1.165, 1.54) is 6.20 Å². The molecule has 0 radical (unpaired) electrons. The first-order valence-corrected chi connectivity index (χ1v) is 6.05. The van der Waals surface area contributed by atoms with E-state index in [1.807, 2.05) is 11.0 Å². The molecule has 5 nitrogen and oxygen atoms in total. The molecule has 1 aliphatic rings. The molecule has 0 amide bonds. The average Bonchev–Trinajstić information content (AvgIpc) is 2.39. The van der Waals surface area contributed by atoms with Gasteiger partial charge in [0.1, 0.15) is 11.9 Å². The minimum absolute atomic E-state index is 0.0108. The number of piperidine rings is 1. The van der Waals surface area contributed by atoms with Gasteiger partial charge in [0.25, 0.3) is 0 Å². The third-order valence-corrected chi connectivity index (χ3v) is 3.21. The maximum Gasteiger partial charge on any atom is 0.305 e. The number of carbonyl (C=O) groups is 1. The highest BCUT2D eigenvalue weighted by atomic mass is 16.4. The van der Waals surface area contributed by atoms with Crippen LogP contribution in [0.4, 0.5) is 5.82 Å². The van der Waals surface area contributed by atoms with Crippen LogP contribution in [0.3, 0.4) is 0 Å². The number of rotatable bonds is 3. The van der Waals surface area contributed by atoms with Crippen molar-refractivity contribution in [2.75, 3.05) is 11.4 Å². The van der Waals surface area contributed by atoms with Crippen molar-refractivity contribution in [3.05, 3.63) is 23.9 Å². The normalized spacial score (nSPS) is 19.3. The number of anilines is 1. The Morgan fingerprint density at radius 2 is 2.39 bits per heavy atom. The maximum absolute atomic E-state index is 10.9. The van der Waals surface area contributed by atoms with Gasteiger partial charge in [0.2, 0.25) is 0 Å². The quantitative estimate of drug-likeness (QED) is 0.878. The zero-order valence-electron chi connectivity index (χ0n) is 10.0. The van der Waals surface area contributed by atoms with Gasteiger partial charge in [-0.1, -0.05) is 0 Å². The Hall–Kier alpha value is -2.09. The molecule has 1 aliphatic heterocycles. The molecular formula is C13H15N3O2. The van der Waals surface area contributed by atoms with Gasteiger partial charge in [0, 0.05) is 18.8 Å².